The Morgan fingerprint density at radius 3 is 3.06 bits per heavy atom. The molecule has 6 heteroatoms. The number of aliphatic hydroxyl groups is 1. The highest BCUT2D eigenvalue weighted by Crippen LogP contribution is 2.21. The number of nitrogens with one attached hydrogen (secondary N) is 1. The summed E-state index contributed by atoms with van der Waals surface area (Å²) in [7, 11) is 0. The van der Waals surface area contributed by atoms with Crippen LogP contribution in [0.15, 0.2) is 11.4 Å². The molecule has 0 fully saturated rings. The van der Waals surface area contributed by atoms with E-state index in [1.54, 1.807) is 11.4 Å². The zero-order valence-electron chi connectivity index (χ0n) is 10.3. The number of aliphatic hydroxyl groups excluding tert-OH is 1. The quantitative estimate of drug-likeness (QED) is 0.780. The second kappa shape index (κ2) is 7.82. The highest BCUT2D eigenvalue weighted by molar-refractivity contribution is 7.14. The molecule has 0 aliphatic heterocycles. The van der Waals surface area contributed by atoms with E-state index in [1.807, 2.05) is 17.9 Å². The van der Waals surface area contributed by atoms with E-state index in [4.69, 9.17) is 10.4 Å². The number of nitriles is 1. The molecule has 0 radical (unpaired) electrons. The van der Waals surface area contributed by atoms with Crippen LogP contribution in [0.25, 0.3) is 0 Å². The fourth-order valence-corrected chi connectivity index (χ4v) is 2.26. The van der Waals surface area contributed by atoms with E-state index in [1.165, 1.54) is 11.3 Å². The molecule has 1 aromatic heterocycles. The van der Waals surface area contributed by atoms with Crippen molar-refractivity contribution in [2.24, 2.45) is 0 Å². The Hall–Kier alpha value is -1.42. The highest BCUT2D eigenvalue weighted by Gasteiger charge is 2.11. The summed E-state index contributed by atoms with van der Waals surface area (Å²) in [5, 5.41) is 22.7. The summed E-state index contributed by atoms with van der Waals surface area (Å²) in [6.07, 6.45) is 0.656. The van der Waals surface area contributed by atoms with Crippen molar-refractivity contribution in [1.29, 1.82) is 5.26 Å². The second-order valence-corrected chi connectivity index (χ2v) is 4.69. The number of amides is 1. The Bertz CT molecular complexity index is 425. The molecular formula is C12H17N3O2S. The maximum Gasteiger partial charge on any atom is 0.239 e. The van der Waals surface area contributed by atoms with Crippen LogP contribution in [0.2, 0.25) is 0 Å². The van der Waals surface area contributed by atoms with Gasteiger partial charge in [0, 0.05) is 13.2 Å². The Morgan fingerprint density at radius 1 is 1.67 bits per heavy atom. The van der Waals surface area contributed by atoms with Crippen molar-refractivity contribution in [1.82, 2.24) is 4.90 Å². The van der Waals surface area contributed by atoms with Crippen LogP contribution in [0.3, 0.4) is 0 Å². The minimum atomic E-state index is -0.131. The largest absolute Gasteiger partial charge is 0.396 e. The fraction of sp³-hybridized carbons (Fsp3) is 0.500. The number of carbonyl (C=O) groups excluding carboxylic acids is 1. The number of rotatable bonds is 7. The van der Waals surface area contributed by atoms with Crippen LogP contribution in [0.1, 0.15) is 18.9 Å². The number of hydrogen-bond donors (Lipinski definition) is 2. The molecule has 98 valence electrons. The number of hydrogen-bond acceptors (Lipinski definition) is 5. The van der Waals surface area contributed by atoms with Gasteiger partial charge in [-0.1, -0.05) is 6.92 Å². The normalized spacial score (nSPS) is 10.3. The summed E-state index contributed by atoms with van der Waals surface area (Å²) in [6, 6.07) is 3.72. The lowest BCUT2D eigenvalue weighted by atomic mass is 10.3. The molecule has 1 heterocycles. The number of likely N-dealkylation sites (N-methyl/N-ethyl adjacent to an activating group) is 1. The Labute approximate surface area is 111 Å². The number of nitrogens with zero attached hydrogens (tertiary/aromatic N) is 2. The first-order valence-corrected chi connectivity index (χ1v) is 6.69. The van der Waals surface area contributed by atoms with E-state index in [0.29, 0.717) is 23.5 Å². The molecule has 0 aromatic carbocycles. The maximum absolute atomic E-state index is 11.8. The summed E-state index contributed by atoms with van der Waals surface area (Å²) in [5.74, 6) is -0.131. The number of anilines is 1. The molecule has 0 atom stereocenters. The molecule has 0 aliphatic rings. The van der Waals surface area contributed by atoms with Gasteiger partial charge >= 0.3 is 0 Å². The maximum atomic E-state index is 11.8. The van der Waals surface area contributed by atoms with Gasteiger partial charge in [-0.2, -0.15) is 5.26 Å². The van der Waals surface area contributed by atoms with E-state index in [0.717, 1.165) is 6.54 Å². The second-order valence-electron chi connectivity index (χ2n) is 3.77. The average Bonchev–Trinajstić information content (AvgIpc) is 2.81. The molecule has 5 nitrogen and oxygen atoms in total. The minimum absolute atomic E-state index is 0.127. The smallest absolute Gasteiger partial charge is 0.239 e. The summed E-state index contributed by atoms with van der Waals surface area (Å²) < 4.78 is 0. The molecule has 18 heavy (non-hydrogen) atoms. The topological polar surface area (TPSA) is 76.4 Å². The van der Waals surface area contributed by atoms with Gasteiger partial charge in [0.05, 0.1) is 12.1 Å². The van der Waals surface area contributed by atoms with Gasteiger partial charge in [0.2, 0.25) is 5.91 Å². The standard InChI is InChI=1S/C12H17N3O2S/c1-2-15(5-3-6-16)9-11(17)14-12-10(8-13)4-7-18-12/h4,7,16H,2-3,5-6,9H2,1H3,(H,14,17). The first-order valence-electron chi connectivity index (χ1n) is 5.82. The van der Waals surface area contributed by atoms with Crippen molar-refractivity contribution in [3.8, 4) is 6.07 Å². The van der Waals surface area contributed by atoms with Crippen LogP contribution in [0.4, 0.5) is 5.00 Å². The van der Waals surface area contributed by atoms with Crippen molar-refractivity contribution < 1.29 is 9.90 Å². The van der Waals surface area contributed by atoms with Gasteiger partial charge in [-0.25, -0.2) is 0 Å². The van der Waals surface area contributed by atoms with Gasteiger partial charge in [-0.15, -0.1) is 11.3 Å². The summed E-state index contributed by atoms with van der Waals surface area (Å²) in [5.41, 5.74) is 0.492. The molecule has 0 spiro atoms. The fourth-order valence-electron chi connectivity index (χ4n) is 1.51. The van der Waals surface area contributed by atoms with Crippen LogP contribution >= 0.6 is 11.3 Å². The lowest BCUT2D eigenvalue weighted by Crippen LogP contribution is -2.34. The molecule has 0 unspecified atom stereocenters. The summed E-state index contributed by atoms with van der Waals surface area (Å²) in [6.45, 7) is 3.82. The SMILES string of the molecule is CCN(CCCO)CC(=O)Nc1sccc1C#N. The van der Waals surface area contributed by atoms with E-state index >= 15 is 0 Å². The van der Waals surface area contributed by atoms with E-state index in [-0.39, 0.29) is 19.1 Å². The Kier molecular flexibility index (Phi) is 6.36. The van der Waals surface area contributed by atoms with Gasteiger partial charge in [0.25, 0.3) is 0 Å². The first-order chi connectivity index (χ1) is 8.71. The third-order valence-corrected chi connectivity index (χ3v) is 3.32. The third kappa shape index (κ3) is 4.45. The van der Waals surface area contributed by atoms with Gasteiger partial charge in [0.1, 0.15) is 11.1 Å². The van der Waals surface area contributed by atoms with Gasteiger partial charge < -0.3 is 10.4 Å². The number of carbonyl (C=O) groups is 1. The highest BCUT2D eigenvalue weighted by atomic mass is 32.1. The summed E-state index contributed by atoms with van der Waals surface area (Å²) in [4.78, 5) is 13.7. The Morgan fingerprint density at radius 2 is 2.44 bits per heavy atom. The summed E-state index contributed by atoms with van der Waals surface area (Å²) >= 11 is 1.34. The van der Waals surface area contributed by atoms with Crippen molar-refractivity contribution >= 4 is 22.2 Å². The van der Waals surface area contributed by atoms with E-state index in [9.17, 15) is 4.79 Å². The van der Waals surface area contributed by atoms with E-state index in [2.05, 4.69) is 5.32 Å². The monoisotopic (exact) mass is 267 g/mol. The van der Waals surface area contributed by atoms with Crippen LogP contribution in [0, 0.1) is 11.3 Å². The zero-order valence-corrected chi connectivity index (χ0v) is 11.2. The predicted octanol–water partition coefficient (Wildman–Crippen LogP) is 1.26. The molecule has 0 aliphatic carbocycles. The lowest BCUT2D eigenvalue weighted by molar-refractivity contribution is -0.117. The van der Waals surface area contributed by atoms with Crippen LogP contribution in [0.5, 0.6) is 0 Å². The van der Waals surface area contributed by atoms with Crippen molar-refractivity contribution in [3.63, 3.8) is 0 Å². The van der Waals surface area contributed by atoms with Crippen molar-refractivity contribution in [2.45, 2.75) is 13.3 Å². The zero-order chi connectivity index (χ0) is 13.4. The van der Waals surface area contributed by atoms with Gasteiger partial charge in [-0.3, -0.25) is 9.69 Å². The van der Waals surface area contributed by atoms with Crippen molar-refractivity contribution in [2.75, 3.05) is 31.6 Å². The van der Waals surface area contributed by atoms with Gasteiger partial charge in [0.15, 0.2) is 0 Å². The molecule has 2 N–H and O–H groups in total. The van der Waals surface area contributed by atoms with Crippen LogP contribution < -0.4 is 5.32 Å². The predicted molar refractivity (Wildman–Crippen MR) is 71.5 cm³/mol. The Balaban J connectivity index is 2.48. The molecule has 1 amide bonds. The molecule has 0 saturated heterocycles. The number of thiophene rings is 1. The van der Waals surface area contributed by atoms with Crippen LogP contribution in [-0.4, -0.2) is 42.2 Å². The average molecular weight is 267 g/mol. The molecular weight excluding hydrogens is 250 g/mol. The molecule has 0 saturated carbocycles. The van der Waals surface area contributed by atoms with Crippen molar-refractivity contribution in [3.05, 3.63) is 17.0 Å². The van der Waals surface area contributed by atoms with Gasteiger partial charge in [-0.05, 0) is 24.4 Å². The third-order valence-electron chi connectivity index (χ3n) is 2.49. The first kappa shape index (κ1) is 14.6. The van der Waals surface area contributed by atoms with E-state index < -0.39 is 0 Å². The molecule has 1 rings (SSSR count). The van der Waals surface area contributed by atoms with Crippen LogP contribution in [-0.2, 0) is 4.79 Å². The molecule has 1 aromatic rings. The minimum Gasteiger partial charge on any atom is -0.396 e. The molecule has 0 bridgehead atoms. The lowest BCUT2D eigenvalue weighted by Gasteiger charge is -2.18.